The lowest BCUT2D eigenvalue weighted by Crippen LogP contribution is -2.46. The van der Waals surface area contributed by atoms with Gasteiger partial charge in [0.25, 0.3) is 0 Å². The van der Waals surface area contributed by atoms with Crippen LogP contribution >= 0.6 is 0 Å². The highest BCUT2D eigenvalue weighted by molar-refractivity contribution is 7.91. The van der Waals surface area contributed by atoms with Gasteiger partial charge in [-0.05, 0) is 12.8 Å². The Hall–Kier alpha value is -0.0900. The summed E-state index contributed by atoms with van der Waals surface area (Å²) in [5.41, 5.74) is 0. The van der Waals surface area contributed by atoms with E-state index in [0.717, 1.165) is 13.1 Å². The van der Waals surface area contributed by atoms with Gasteiger partial charge in [0, 0.05) is 19.1 Å². The topological polar surface area (TPSA) is 37.4 Å². The monoisotopic (exact) mass is 303 g/mol. The molecule has 0 amide bonds. The minimum absolute atomic E-state index is 0.367. The van der Waals surface area contributed by atoms with Crippen molar-refractivity contribution in [1.82, 2.24) is 4.90 Å². The molecule has 0 aliphatic carbocycles. The van der Waals surface area contributed by atoms with Gasteiger partial charge in [-0.3, -0.25) is 4.90 Å². The number of rotatable bonds is 10. The van der Waals surface area contributed by atoms with Gasteiger partial charge in [0.1, 0.15) is 0 Å². The van der Waals surface area contributed by atoms with Crippen LogP contribution in [-0.4, -0.2) is 44.0 Å². The molecule has 1 atom stereocenters. The second-order valence-electron chi connectivity index (χ2n) is 6.19. The molecule has 4 heteroatoms. The molecule has 3 nitrogen and oxygen atoms in total. The molecular formula is C16H33NO2S. The van der Waals surface area contributed by atoms with Gasteiger partial charge in [0.15, 0.2) is 9.84 Å². The van der Waals surface area contributed by atoms with Crippen LogP contribution in [0.15, 0.2) is 0 Å². The Labute approximate surface area is 126 Å². The zero-order valence-electron chi connectivity index (χ0n) is 13.4. The molecule has 0 aromatic heterocycles. The fraction of sp³-hybridized carbons (Fsp3) is 1.00. The van der Waals surface area contributed by atoms with Gasteiger partial charge < -0.3 is 0 Å². The standard InChI is InChI=1S/C16H33NO2S/c1-3-5-7-8-9-11-16(10-6-4-2)17-12-14-20(18,19)15-13-17/h16H,3-15H2,1-2H3. The van der Waals surface area contributed by atoms with E-state index in [1.807, 2.05) is 0 Å². The molecule has 0 bridgehead atoms. The van der Waals surface area contributed by atoms with Crippen molar-refractivity contribution in [2.45, 2.75) is 77.7 Å². The molecule has 0 aromatic carbocycles. The molecule has 0 radical (unpaired) electrons. The first-order valence-electron chi connectivity index (χ1n) is 8.53. The van der Waals surface area contributed by atoms with Gasteiger partial charge >= 0.3 is 0 Å². The van der Waals surface area contributed by atoms with E-state index in [9.17, 15) is 8.42 Å². The van der Waals surface area contributed by atoms with E-state index >= 15 is 0 Å². The van der Waals surface area contributed by atoms with Crippen LogP contribution in [0.2, 0.25) is 0 Å². The van der Waals surface area contributed by atoms with Crippen molar-refractivity contribution < 1.29 is 8.42 Å². The molecule has 1 saturated heterocycles. The van der Waals surface area contributed by atoms with Gasteiger partial charge in [-0.1, -0.05) is 58.8 Å². The summed E-state index contributed by atoms with van der Waals surface area (Å²) >= 11 is 0. The SMILES string of the molecule is CCCCCCCC(CCCC)N1CCS(=O)(=O)CC1. The second kappa shape index (κ2) is 9.78. The van der Waals surface area contributed by atoms with E-state index in [1.165, 1.54) is 57.8 Å². The maximum Gasteiger partial charge on any atom is 0.152 e. The summed E-state index contributed by atoms with van der Waals surface area (Å²) in [6.07, 6.45) is 11.6. The highest BCUT2D eigenvalue weighted by Crippen LogP contribution is 2.19. The van der Waals surface area contributed by atoms with Crippen molar-refractivity contribution in [2.24, 2.45) is 0 Å². The van der Waals surface area contributed by atoms with Crippen LogP contribution in [0.1, 0.15) is 71.6 Å². The van der Waals surface area contributed by atoms with Gasteiger partial charge in [0.05, 0.1) is 11.5 Å². The van der Waals surface area contributed by atoms with Gasteiger partial charge in [-0.2, -0.15) is 0 Å². The summed E-state index contributed by atoms with van der Waals surface area (Å²) in [4.78, 5) is 2.44. The van der Waals surface area contributed by atoms with E-state index < -0.39 is 9.84 Å². The number of hydrogen-bond acceptors (Lipinski definition) is 3. The van der Waals surface area contributed by atoms with Gasteiger partial charge in [0.2, 0.25) is 0 Å². The Morgan fingerprint density at radius 2 is 1.40 bits per heavy atom. The molecule has 0 saturated carbocycles. The van der Waals surface area contributed by atoms with Crippen LogP contribution in [0.3, 0.4) is 0 Å². The van der Waals surface area contributed by atoms with Crippen LogP contribution in [-0.2, 0) is 9.84 Å². The summed E-state index contributed by atoms with van der Waals surface area (Å²) in [6.45, 7) is 5.99. The third kappa shape index (κ3) is 7.07. The molecule has 1 fully saturated rings. The summed E-state index contributed by atoms with van der Waals surface area (Å²) in [7, 11) is -2.74. The summed E-state index contributed by atoms with van der Waals surface area (Å²) in [6, 6.07) is 0.618. The van der Waals surface area contributed by atoms with E-state index in [-0.39, 0.29) is 0 Å². The van der Waals surface area contributed by atoms with Crippen LogP contribution in [0.5, 0.6) is 0 Å². The highest BCUT2D eigenvalue weighted by atomic mass is 32.2. The maximum atomic E-state index is 11.5. The van der Waals surface area contributed by atoms with Crippen molar-refractivity contribution in [3.63, 3.8) is 0 Å². The Bertz CT molecular complexity index is 326. The van der Waals surface area contributed by atoms with Gasteiger partial charge in [-0.25, -0.2) is 8.42 Å². The molecule has 0 N–H and O–H groups in total. The largest absolute Gasteiger partial charge is 0.298 e. The first-order valence-corrected chi connectivity index (χ1v) is 10.4. The summed E-state index contributed by atoms with van der Waals surface area (Å²) < 4.78 is 23.1. The van der Waals surface area contributed by atoms with Crippen molar-refractivity contribution >= 4 is 9.84 Å². The molecule has 0 aromatic rings. The van der Waals surface area contributed by atoms with Crippen LogP contribution < -0.4 is 0 Å². The van der Waals surface area contributed by atoms with Crippen LogP contribution in [0, 0.1) is 0 Å². The molecule has 1 unspecified atom stereocenters. The van der Waals surface area contributed by atoms with E-state index in [2.05, 4.69) is 18.7 Å². The highest BCUT2D eigenvalue weighted by Gasteiger charge is 2.26. The number of unbranched alkanes of at least 4 members (excludes halogenated alkanes) is 5. The predicted octanol–water partition coefficient (Wildman–Crippen LogP) is 3.64. The molecule has 1 rings (SSSR count). The zero-order valence-corrected chi connectivity index (χ0v) is 14.3. The first kappa shape index (κ1) is 18.0. The average Bonchev–Trinajstić information content (AvgIpc) is 2.42. The predicted molar refractivity (Wildman–Crippen MR) is 86.9 cm³/mol. The lowest BCUT2D eigenvalue weighted by molar-refractivity contribution is 0.185. The first-order chi connectivity index (χ1) is 9.59. The fourth-order valence-electron chi connectivity index (χ4n) is 3.02. The van der Waals surface area contributed by atoms with Crippen LogP contribution in [0.25, 0.3) is 0 Å². The lowest BCUT2D eigenvalue weighted by atomic mass is 10.0. The molecule has 1 heterocycles. The maximum absolute atomic E-state index is 11.5. The molecule has 0 spiro atoms. The molecule has 1 aliphatic heterocycles. The zero-order chi connectivity index (χ0) is 14.8. The van der Waals surface area contributed by atoms with E-state index in [4.69, 9.17) is 0 Å². The minimum atomic E-state index is -2.74. The normalized spacial score (nSPS) is 20.9. The Morgan fingerprint density at radius 3 is 2.00 bits per heavy atom. The van der Waals surface area contributed by atoms with Crippen molar-refractivity contribution in [1.29, 1.82) is 0 Å². The fourth-order valence-corrected chi connectivity index (χ4v) is 4.25. The van der Waals surface area contributed by atoms with Crippen molar-refractivity contribution in [2.75, 3.05) is 24.6 Å². The molecular weight excluding hydrogens is 270 g/mol. The van der Waals surface area contributed by atoms with Crippen molar-refractivity contribution in [3.8, 4) is 0 Å². The Balaban J connectivity index is 2.35. The number of nitrogens with zero attached hydrogens (tertiary/aromatic N) is 1. The Kier molecular flexibility index (Phi) is 8.78. The average molecular weight is 304 g/mol. The molecule has 20 heavy (non-hydrogen) atoms. The van der Waals surface area contributed by atoms with Crippen LogP contribution in [0.4, 0.5) is 0 Å². The second-order valence-corrected chi connectivity index (χ2v) is 8.49. The summed E-state index contributed by atoms with van der Waals surface area (Å²) in [5.74, 6) is 0.733. The van der Waals surface area contributed by atoms with Crippen molar-refractivity contribution in [3.05, 3.63) is 0 Å². The van der Waals surface area contributed by atoms with E-state index in [0.29, 0.717) is 17.5 Å². The molecule has 1 aliphatic rings. The number of hydrogen-bond donors (Lipinski definition) is 0. The molecule has 120 valence electrons. The smallest absolute Gasteiger partial charge is 0.152 e. The minimum Gasteiger partial charge on any atom is -0.298 e. The number of sulfone groups is 1. The Morgan fingerprint density at radius 1 is 0.850 bits per heavy atom. The van der Waals surface area contributed by atoms with Gasteiger partial charge in [-0.15, -0.1) is 0 Å². The third-order valence-electron chi connectivity index (χ3n) is 4.43. The van der Waals surface area contributed by atoms with E-state index in [1.54, 1.807) is 0 Å². The quantitative estimate of drug-likeness (QED) is 0.578. The third-order valence-corrected chi connectivity index (χ3v) is 6.04. The summed E-state index contributed by atoms with van der Waals surface area (Å²) in [5, 5.41) is 0. The lowest BCUT2D eigenvalue weighted by Gasteiger charge is -2.34.